The molecule has 0 bridgehead atoms. The van der Waals surface area contributed by atoms with Gasteiger partial charge in [-0.25, -0.2) is 0 Å². The van der Waals surface area contributed by atoms with Crippen LogP contribution in [-0.2, 0) is 0 Å². The lowest BCUT2D eigenvalue weighted by atomic mass is 9.69. The standard InChI is InChI=1S/C28H31N/c1-19-14-16-23(20(2)27(19)29)25(21-10-6-5-7-11-21)18-28(3,4)26-17-15-22-12-8-9-13-24(22)26/h5-17,20,26H,18,29H2,1-4H3. The highest BCUT2D eigenvalue weighted by Crippen LogP contribution is 2.49. The van der Waals surface area contributed by atoms with Crippen molar-refractivity contribution in [3.05, 3.63) is 106 Å². The number of rotatable bonds is 4. The van der Waals surface area contributed by atoms with E-state index in [1.165, 1.54) is 33.4 Å². The quantitative estimate of drug-likeness (QED) is 0.600. The molecule has 1 nitrogen and oxygen atoms in total. The minimum Gasteiger partial charge on any atom is -0.401 e. The smallest absolute Gasteiger partial charge is 0.0212 e. The maximum Gasteiger partial charge on any atom is 0.0212 e. The van der Waals surface area contributed by atoms with Gasteiger partial charge in [0.15, 0.2) is 0 Å². The van der Waals surface area contributed by atoms with E-state index in [0.717, 1.165) is 12.1 Å². The van der Waals surface area contributed by atoms with E-state index in [2.05, 4.69) is 107 Å². The number of allylic oxidation sites excluding steroid dienone is 6. The molecule has 0 aromatic heterocycles. The molecule has 2 aromatic rings. The van der Waals surface area contributed by atoms with Gasteiger partial charge >= 0.3 is 0 Å². The van der Waals surface area contributed by atoms with Gasteiger partial charge in [0.1, 0.15) is 0 Å². The second kappa shape index (κ2) is 7.55. The number of fused-ring (bicyclic) bond motifs is 1. The van der Waals surface area contributed by atoms with E-state index in [1.54, 1.807) is 0 Å². The first-order valence-corrected chi connectivity index (χ1v) is 10.6. The van der Waals surface area contributed by atoms with Gasteiger partial charge in [-0.1, -0.05) is 99.7 Å². The van der Waals surface area contributed by atoms with E-state index in [0.29, 0.717) is 5.92 Å². The maximum absolute atomic E-state index is 6.46. The van der Waals surface area contributed by atoms with E-state index in [1.807, 2.05) is 0 Å². The van der Waals surface area contributed by atoms with Crippen LogP contribution in [0.1, 0.15) is 56.7 Å². The van der Waals surface area contributed by atoms with Crippen LogP contribution in [0.5, 0.6) is 0 Å². The topological polar surface area (TPSA) is 26.0 Å². The van der Waals surface area contributed by atoms with E-state index < -0.39 is 0 Å². The first kappa shape index (κ1) is 19.5. The Morgan fingerprint density at radius 1 is 0.931 bits per heavy atom. The Morgan fingerprint density at radius 2 is 1.62 bits per heavy atom. The van der Waals surface area contributed by atoms with Crippen LogP contribution >= 0.6 is 0 Å². The van der Waals surface area contributed by atoms with Gasteiger partial charge in [0.25, 0.3) is 0 Å². The zero-order chi connectivity index (χ0) is 20.6. The predicted molar refractivity (Wildman–Crippen MR) is 125 cm³/mol. The number of nitrogens with two attached hydrogens (primary N) is 1. The largest absolute Gasteiger partial charge is 0.401 e. The Hall–Kier alpha value is -2.80. The van der Waals surface area contributed by atoms with E-state index in [4.69, 9.17) is 5.73 Å². The van der Waals surface area contributed by atoms with Gasteiger partial charge in [-0.05, 0) is 52.2 Å². The molecule has 2 aliphatic rings. The van der Waals surface area contributed by atoms with Crippen molar-refractivity contribution in [3.8, 4) is 0 Å². The Balaban J connectivity index is 1.77. The first-order chi connectivity index (χ1) is 13.9. The normalized spacial score (nSPS) is 22.8. The van der Waals surface area contributed by atoms with Crippen molar-refractivity contribution in [2.24, 2.45) is 17.1 Å². The molecule has 4 rings (SSSR count). The Bertz CT molecular complexity index is 1030. The zero-order valence-electron chi connectivity index (χ0n) is 17.9. The van der Waals surface area contributed by atoms with Crippen LogP contribution in [0.4, 0.5) is 0 Å². The molecule has 2 N–H and O–H groups in total. The van der Waals surface area contributed by atoms with Gasteiger partial charge < -0.3 is 5.73 Å². The van der Waals surface area contributed by atoms with Crippen LogP contribution in [0.3, 0.4) is 0 Å². The minimum absolute atomic E-state index is 0.0831. The van der Waals surface area contributed by atoms with Crippen molar-refractivity contribution >= 4 is 11.6 Å². The molecule has 0 amide bonds. The molecule has 0 heterocycles. The number of hydrogen-bond donors (Lipinski definition) is 1. The van der Waals surface area contributed by atoms with Crippen LogP contribution in [0, 0.1) is 11.3 Å². The Labute approximate surface area is 175 Å². The number of hydrogen-bond acceptors (Lipinski definition) is 1. The van der Waals surface area contributed by atoms with Crippen LogP contribution < -0.4 is 5.73 Å². The first-order valence-electron chi connectivity index (χ1n) is 10.6. The SMILES string of the molecule is CC1=C(N)C(C)C(=C(CC(C)(C)C2C=Cc3ccccc32)c2ccccc2)C=C1. The lowest BCUT2D eigenvalue weighted by Crippen LogP contribution is -2.23. The van der Waals surface area contributed by atoms with Crippen molar-refractivity contribution in [1.82, 2.24) is 0 Å². The molecule has 0 fully saturated rings. The Morgan fingerprint density at radius 3 is 2.38 bits per heavy atom. The summed E-state index contributed by atoms with van der Waals surface area (Å²) in [4.78, 5) is 0. The van der Waals surface area contributed by atoms with Crippen molar-refractivity contribution in [2.75, 3.05) is 0 Å². The molecule has 2 atom stereocenters. The Kier molecular flexibility index (Phi) is 5.08. The number of benzene rings is 2. The third kappa shape index (κ3) is 3.62. The average Bonchev–Trinajstić information content (AvgIpc) is 3.17. The van der Waals surface area contributed by atoms with Gasteiger partial charge in [0.05, 0.1) is 0 Å². The molecular weight excluding hydrogens is 350 g/mol. The average molecular weight is 382 g/mol. The monoisotopic (exact) mass is 381 g/mol. The summed E-state index contributed by atoms with van der Waals surface area (Å²) in [5, 5.41) is 0. The second-order valence-corrected chi connectivity index (χ2v) is 9.12. The molecule has 2 aromatic carbocycles. The predicted octanol–water partition coefficient (Wildman–Crippen LogP) is 7.11. The highest BCUT2D eigenvalue weighted by molar-refractivity contribution is 5.74. The van der Waals surface area contributed by atoms with E-state index in [9.17, 15) is 0 Å². The molecule has 148 valence electrons. The van der Waals surface area contributed by atoms with Gasteiger partial charge in [0, 0.05) is 17.5 Å². The third-order valence-corrected chi connectivity index (χ3v) is 6.65. The van der Waals surface area contributed by atoms with Crippen LogP contribution in [-0.4, -0.2) is 0 Å². The molecule has 0 aliphatic heterocycles. The molecular formula is C28H31N. The van der Waals surface area contributed by atoms with Gasteiger partial charge in [-0.2, -0.15) is 0 Å². The minimum atomic E-state index is 0.0831. The maximum atomic E-state index is 6.46. The van der Waals surface area contributed by atoms with Gasteiger partial charge in [-0.3, -0.25) is 0 Å². The molecule has 0 radical (unpaired) electrons. The molecule has 2 unspecified atom stereocenters. The summed E-state index contributed by atoms with van der Waals surface area (Å²) in [7, 11) is 0. The molecule has 0 saturated heterocycles. The zero-order valence-corrected chi connectivity index (χ0v) is 17.9. The van der Waals surface area contributed by atoms with E-state index >= 15 is 0 Å². The van der Waals surface area contributed by atoms with Crippen molar-refractivity contribution in [2.45, 2.75) is 40.0 Å². The fourth-order valence-corrected chi connectivity index (χ4v) is 4.83. The van der Waals surface area contributed by atoms with Crippen molar-refractivity contribution in [1.29, 1.82) is 0 Å². The summed E-state index contributed by atoms with van der Waals surface area (Å²) in [5.41, 5.74) is 15.6. The fraction of sp³-hybridized carbons (Fsp3) is 0.286. The third-order valence-electron chi connectivity index (χ3n) is 6.65. The van der Waals surface area contributed by atoms with Gasteiger partial charge in [-0.15, -0.1) is 0 Å². The lowest BCUT2D eigenvalue weighted by molar-refractivity contribution is 0.336. The van der Waals surface area contributed by atoms with Crippen LogP contribution in [0.2, 0.25) is 0 Å². The van der Waals surface area contributed by atoms with Crippen molar-refractivity contribution in [3.63, 3.8) is 0 Å². The molecule has 29 heavy (non-hydrogen) atoms. The fourth-order valence-electron chi connectivity index (χ4n) is 4.83. The van der Waals surface area contributed by atoms with E-state index in [-0.39, 0.29) is 11.3 Å². The summed E-state index contributed by atoms with van der Waals surface area (Å²) in [6.07, 6.45) is 10.1. The second-order valence-electron chi connectivity index (χ2n) is 9.12. The molecule has 2 aliphatic carbocycles. The van der Waals surface area contributed by atoms with Crippen molar-refractivity contribution < 1.29 is 0 Å². The highest BCUT2D eigenvalue weighted by atomic mass is 14.6. The summed E-state index contributed by atoms with van der Waals surface area (Å²) in [5.74, 6) is 0.646. The molecule has 0 saturated carbocycles. The summed E-state index contributed by atoms with van der Waals surface area (Å²) >= 11 is 0. The summed E-state index contributed by atoms with van der Waals surface area (Å²) < 4.78 is 0. The van der Waals surface area contributed by atoms with Crippen LogP contribution in [0.25, 0.3) is 11.6 Å². The summed E-state index contributed by atoms with van der Waals surface area (Å²) in [6.45, 7) is 9.13. The van der Waals surface area contributed by atoms with Crippen LogP contribution in [0.15, 0.2) is 89.7 Å². The lowest BCUT2D eigenvalue weighted by Gasteiger charge is -2.35. The molecule has 1 heteroatoms. The highest BCUT2D eigenvalue weighted by Gasteiger charge is 2.34. The summed E-state index contributed by atoms with van der Waals surface area (Å²) in [6, 6.07) is 19.6. The van der Waals surface area contributed by atoms with Gasteiger partial charge in [0.2, 0.25) is 0 Å². The molecule has 0 spiro atoms.